The molecule has 0 saturated heterocycles. The zero-order valence-corrected chi connectivity index (χ0v) is 14.1. The van der Waals surface area contributed by atoms with Crippen LogP contribution in [0.4, 0.5) is 5.69 Å². The minimum atomic E-state index is -0.0923. The number of nitrogens with zero attached hydrogens (tertiary/aromatic N) is 1. The Hall–Kier alpha value is -2.20. The van der Waals surface area contributed by atoms with Crippen molar-refractivity contribution in [2.24, 2.45) is 0 Å². The average Bonchev–Trinajstić information content (AvgIpc) is 2.89. The fourth-order valence-electron chi connectivity index (χ4n) is 3.06. The molecule has 0 spiro atoms. The maximum Gasteiger partial charge on any atom is 0.258 e. The van der Waals surface area contributed by atoms with Gasteiger partial charge >= 0.3 is 0 Å². The summed E-state index contributed by atoms with van der Waals surface area (Å²) in [6, 6.07) is 11.4. The van der Waals surface area contributed by atoms with Gasteiger partial charge in [0.25, 0.3) is 5.91 Å². The first-order valence-corrected chi connectivity index (χ1v) is 7.77. The van der Waals surface area contributed by atoms with E-state index in [2.05, 4.69) is 6.07 Å². The summed E-state index contributed by atoms with van der Waals surface area (Å²) in [7, 11) is 3.04. The predicted molar refractivity (Wildman–Crippen MR) is 91.0 cm³/mol. The molecule has 1 unspecified atom stereocenters. The van der Waals surface area contributed by atoms with Crippen LogP contribution in [0.1, 0.15) is 22.8 Å². The SMILES string of the molecule is COc1cc(C(=O)N2c3ccccc3CC2C)cc(Cl)c1OC. The summed E-state index contributed by atoms with van der Waals surface area (Å²) in [4.78, 5) is 14.8. The Morgan fingerprint density at radius 3 is 2.65 bits per heavy atom. The Bertz CT molecular complexity index is 760. The fraction of sp³-hybridized carbons (Fsp3) is 0.278. The molecule has 0 fully saturated rings. The van der Waals surface area contributed by atoms with Gasteiger partial charge < -0.3 is 14.4 Å². The Kier molecular flexibility index (Phi) is 4.18. The number of anilines is 1. The van der Waals surface area contributed by atoms with Crippen molar-refractivity contribution in [1.82, 2.24) is 0 Å². The smallest absolute Gasteiger partial charge is 0.258 e. The van der Waals surface area contributed by atoms with Gasteiger partial charge in [0.15, 0.2) is 11.5 Å². The van der Waals surface area contributed by atoms with Crippen LogP contribution in [0.15, 0.2) is 36.4 Å². The van der Waals surface area contributed by atoms with E-state index in [0.29, 0.717) is 22.1 Å². The summed E-state index contributed by atoms with van der Waals surface area (Å²) in [5, 5.41) is 0.357. The van der Waals surface area contributed by atoms with Gasteiger partial charge in [0.2, 0.25) is 0 Å². The molecule has 1 heterocycles. The van der Waals surface area contributed by atoms with Crippen LogP contribution in [-0.2, 0) is 6.42 Å². The lowest BCUT2D eigenvalue weighted by molar-refractivity contribution is 0.0981. The summed E-state index contributed by atoms with van der Waals surface area (Å²) in [6.45, 7) is 2.04. The highest BCUT2D eigenvalue weighted by atomic mass is 35.5. The van der Waals surface area contributed by atoms with Gasteiger partial charge in [-0.05, 0) is 37.1 Å². The van der Waals surface area contributed by atoms with E-state index in [4.69, 9.17) is 21.1 Å². The molecule has 1 aliphatic heterocycles. The summed E-state index contributed by atoms with van der Waals surface area (Å²) in [5.74, 6) is 0.786. The van der Waals surface area contributed by atoms with Crippen LogP contribution >= 0.6 is 11.6 Å². The molecule has 120 valence electrons. The van der Waals surface area contributed by atoms with E-state index in [1.165, 1.54) is 19.8 Å². The van der Waals surface area contributed by atoms with E-state index < -0.39 is 0 Å². The van der Waals surface area contributed by atoms with Crippen molar-refractivity contribution in [2.45, 2.75) is 19.4 Å². The number of fused-ring (bicyclic) bond motifs is 1. The maximum atomic E-state index is 13.0. The molecule has 0 radical (unpaired) electrons. The molecule has 0 N–H and O–H groups in total. The van der Waals surface area contributed by atoms with Crippen LogP contribution in [0.2, 0.25) is 5.02 Å². The first-order chi connectivity index (χ1) is 11.1. The van der Waals surface area contributed by atoms with Gasteiger partial charge in [-0.3, -0.25) is 4.79 Å². The number of para-hydroxylation sites is 1. The number of rotatable bonds is 3. The third-order valence-corrected chi connectivity index (χ3v) is 4.39. The van der Waals surface area contributed by atoms with Gasteiger partial charge in [-0.15, -0.1) is 0 Å². The second-order valence-corrected chi connectivity index (χ2v) is 5.96. The quantitative estimate of drug-likeness (QED) is 0.854. The largest absolute Gasteiger partial charge is 0.493 e. The number of methoxy groups -OCH3 is 2. The molecule has 23 heavy (non-hydrogen) atoms. The number of ether oxygens (including phenoxy) is 2. The van der Waals surface area contributed by atoms with Gasteiger partial charge in [-0.25, -0.2) is 0 Å². The number of halogens is 1. The molecule has 1 amide bonds. The van der Waals surface area contributed by atoms with Crippen LogP contribution in [0.5, 0.6) is 11.5 Å². The minimum Gasteiger partial charge on any atom is -0.493 e. The molecular formula is C18H18ClNO3. The number of hydrogen-bond acceptors (Lipinski definition) is 3. The Balaban J connectivity index is 2.03. The van der Waals surface area contributed by atoms with Crippen LogP contribution in [-0.4, -0.2) is 26.2 Å². The molecule has 4 nitrogen and oxygen atoms in total. The summed E-state index contributed by atoms with van der Waals surface area (Å²) in [6.07, 6.45) is 0.850. The highest BCUT2D eigenvalue weighted by molar-refractivity contribution is 6.32. The Labute approximate surface area is 140 Å². The van der Waals surface area contributed by atoms with Crippen molar-refractivity contribution in [1.29, 1.82) is 0 Å². The van der Waals surface area contributed by atoms with Crippen molar-refractivity contribution in [2.75, 3.05) is 19.1 Å². The average molecular weight is 332 g/mol. The maximum absolute atomic E-state index is 13.0. The monoisotopic (exact) mass is 331 g/mol. The molecule has 3 rings (SSSR count). The number of carbonyl (C=O) groups is 1. The van der Waals surface area contributed by atoms with Gasteiger partial charge in [0.05, 0.1) is 19.2 Å². The Morgan fingerprint density at radius 1 is 1.22 bits per heavy atom. The summed E-state index contributed by atoms with van der Waals surface area (Å²) < 4.78 is 10.5. The number of amides is 1. The molecule has 0 saturated carbocycles. The molecule has 1 aliphatic rings. The van der Waals surface area contributed by atoms with E-state index in [1.807, 2.05) is 30.0 Å². The van der Waals surface area contributed by atoms with Crippen molar-refractivity contribution >= 4 is 23.2 Å². The minimum absolute atomic E-state index is 0.0923. The Morgan fingerprint density at radius 2 is 1.96 bits per heavy atom. The van der Waals surface area contributed by atoms with Crippen LogP contribution in [0.25, 0.3) is 0 Å². The van der Waals surface area contributed by atoms with Crippen LogP contribution in [0, 0.1) is 0 Å². The fourth-order valence-corrected chi connectivity index (χ4v) is 3.34. The molecule has 5 heteroatoms. The number of benzene rings is 2. The zero-order valence-electron chi connectivity index (χ0n) is 13.3. The van der Waals surface area contributed by atoms with Gasteiger partial charge in [0, 0.05) is 17.3 Å². The second-order valence-electron chi connectivity index (χ2n) is 5.55. The topological polar surface area (TPSA) is 38.8 Å². The third kappa shape index (κ3) is 2.63. The normalized spacial score (nSPS) is 16.2. The predicted octanol–water partition coefficient (Wildman–Crippen LogP) is 3.95. The van der Waals surface area contributed by atoms with E-state index in [1.54, 1.807) is 12.1 Å². The van der Waals surface area contributed by atoms with E-state index in [9.17, 15) is 4.79 Å². The van der Waals surface area contributed by atoms with E-state index in [-0.39, 0.29) is 11.9 Å². The lowest BCUT2D eigenvalue weighted by Gasteiger charge is -2.23. The first kappa shape index (κ1) is 15.7. The summed E-state index contributed by atoms with van der Waals surface area (Å²) >= 11 is 6.23. The lowest BCUT2D eigenvalue weighted by Crippen LogP contribution is -2.35. The van der Waals surface area contributed by atoms with Crippen LogP contribution in [0.3, 0.4) is 0 Å². The standard InChI is InChI=1S/C18H18ClNO3/c1-11-8-12-6-4-5-7-15(12)20(11)18(21)13-9-14(19)17(23-3)16(10-13)22-2/h4-7,9-11H,8H2,1-3H3. The molecule has 0 bridgehead atoms. The van der Waals surface area contributed by atoms with Gasteiger partial charge in [-0.1, -0.05) is 29.8 Å². The first-order valence-electron chi connectivity index (χ1n) is 7.39. The molecular weight excluding hydrogens is 314 g/mol. The van der Waals surface area contributed by atoms with Crippen LogP contribution < -0.4 is 14.4 Å². The lowest BCUT2D eigenvalue weighted by atomic mass is 10.1. The highest BCUT2D eigenvalue weighted by Crippen LogP contribution is 2.38. The zero-order chi connectivity index (χ0) is 16.6. The van der Waals surface area contributed by atoms with Crippen molar-refractivity contribution in [3.8, 4) is 11.5 Å². The highest BCUT2D eigenvalue weighted by Gasteiger charge is 2.32. The van der Waals surface area contributed by atoms with Gasteiger partial charge in [0.1, 0.15) is 0 Å². The van der Waals surface area contributed by atoms with Gasteiger partial charge in [-0.2, -0.15) is 0 Å². The second kappa shape index (κ2) is 6.13. The number of hydrogen-bond donors (Lipinski definition) is 0. The van der Waals surface area contributed by atoms with E-state index in [0.717, 1.165) is 12.1 Å². The van der Waals surface area contributed by atoms with Crippen molar-refractivity contribution in [3.63, 3.8) is 0 Å². The van der Waals surface area contributed by atoms with Crippen molar-refractivity contribution < 1.29 is 14.3 Å². The third-order valence-electron chi connectivity index (χ3n) is 4.11. The molecule has 0 aliphatic carbocycles. The van der Waals surface area contributed by atoms with Crippen molar-refractivity contribution in [3.05, 3.63) is 52.5 Å². The molecule has 2 aromatic rings. The molecule has 2 aromatic carbocycles. The number of carbonyl (C=O) groups excluding carboxylic acids is 1. The molecule has 0 aromatic heterocycles. The van der Waals surface area contributed by atoms with E-state index >= 15 is 0 Å². The summed E-state index contributed by atoms with van der Waals surface area (Å²) in [5.41, 5.74) is 2.62. The molecule has 1 atom stereocenters.